The van der Waals surface area contributed by atoms with Crippen LogP contribution in [0.3, 0.4) is 0 Å². The number of hydrogen-bond donors (Lipinski definition) is 2. The number of aliphatic carboxylic acids is 1. The number of carboxylic acids is 1. The number of hydrogen-bond acceptors (Lipinski definition) is 5. The minimum atomic E-state index is -3.57. The van der Waals surface area contributed by atoms with E-state index in [9.17, 15) is 18.0 Å². The molecule has 1 rings (SSSR count). The molecule has 0 aromatic heterocycles. The molecule has 7 nitrogen and oxygen atoms in total. The molecule has 0 aliphatic heterocycles. The van der Waals surface area contributed by atoms with Crippen molar-refractivity contribution in [3.63, 3.8) is 0 Å². The summed E-state index contributed by atoms with van der Waals surface area (Å²) in [5.41, 5.74) is 0.590. The Hall–Kier alpha value is -1.45. The Balaban J connectivity index is 2.37. The Labute approximate surface area is 136 Å². The lowest BCUT2D eigenvalue weighted by atomic mass is 10.2. The first-order valence-corrected chi connectivity index (χ1v) is 8.91. The molecule has 1 aromatic rings. The van der Waals surface area contributed by atoms with E-state index in [1.165, 1.54) is 0 Å². The smallest absolute Gasteiger partial charge is 0.329 e. The molecule has 0 unspecified atom stereocenters. The number of nitrogens with one attached hydrogen (secondary N) is 1. The van der Waals surface area contributed by atoms with Crippen LogP contribution < -0.4 is 5.32 Å². The van der Waals surface area contributed by atoms with Crippen molar-refractivity contribution in [1.29, 1.82) is 0 Å². The van der Waals surface area contributed by atoms with Crippen LogP contribution in [0.2, 0.25) is 0 Å². The number of benzene rings is 1. The highest BCUT2D eigenvalue weighted by molar-refractivity contribution is 9.10. The van der Waals surface area contributed by atoms with Crippen molar-refractivity contribution in [2.24, 2.45) is 0 Å². The zero-order chi connectivity index (χ0) is 16.6. The molecular weight excluding hydrogens is 378 g/mol. The van der Waals surface area contributed by atoms with Gasteiger partial charge >= 0.3 is 5.97 Å². The Kier molecular flexibility index (Phi) is 7.49. The van der Waals surface area contributed by atoms with Gasteiger partial charge in [-0.2, -0.15) is 0 Å². The number of ether oxygens (including phenoxy) is 1. The first-order valence-electron chi connectivity index (χ1n) is 6.29. The van der Waals surface area contributed by atoms with Gasteiger partial charge in [-0.05, 0) is 17.7 Å². The normalized spacial score (nSPS) is 11.1. The molecule has 0 heterocycles. The molecule has 0 atom stereocenters. The van der Waals surface area contributed by atoms with Crippen LogP contribution >= 0.6 is 15.9 Å². The standard InChI is InChI=1S/C13H16BrNO6S/c14-11-3-1-2-10(6-11)8-22(19,20)9-12(16)15-4-5-21-7-13(17)18/h1-3,6H,4-5,7-9H2,(H,15,16)(H,17,18). The molecule has 2 N–H and O–H groups in total. The maximum absolute atomic E-state index is 11.9. The van der Waals surface area contributed by atoms with Crippen LogP contribution in [0.4, 0.5) is 0 Å². The number of halogens is 1. The van der Waals surface area contributed by atoms with E-state index in [2.05, 4.69) is 21.2 Å². The Morgan fingerprint density at radius 3 is 2.68 bits per heavy atom. The summed E-state index contributed by atoms with van der Waals surface area (Å²) in [7, 11) is -3.57. The lowest BCUT2D eigenvalue weighted by molar-refractivity contribution is -0.142. The van der Waals surface area contributed by atoms with Gasteiger partial charge in [0.2, 0.25) is 5.91 Å². The van der Waals surface area contributed by atoms with Gasteiger partial charge < -0.3 is 15.2 Å². The lowest BCUT2D eigenvalue weighted by Crippen LogP contribution is -2.33. The van der Waals surface area contributed by atoms with Crippen molar-refractivity contribution in [2.45, 2.75) is 5.75 Å². The SMILES string of the molecule is O=C(O)COCCNC(=O)CS(=O)(=O)Cc1cccc(Br)c1. The van der Waals surface area contributed by atoms with E-state index >= 15 is 0 Å². The Morgan fingerprint density at radius 1 is 1.32 bits per heavy atom. The molecule has 0 saturated heterocycles. The minimum absolute atomic E-state index is 0.00369. The van der Waals surface area contributed by atoms with Crippen LogP contribution in [0.25, 0.3) is 0 Å². The van der Waals surface area contributed by atoms with Crippen LogP contribution in [0.5, 0.6) is 0 Å². The summed E-state index contributed by atoms with van der Waals surface area (Å²) >= 11 is 3.25. The van der Waals surface area contributed by atoms with E-state index in [0.717, 1.165) is 4.47 Å². The van der Waals surface area contributed by atoms with Crippen molar-refractivity contribution in [1.82, 2.24) is 5.32 Å². The molecule has 0 radical (unpaired) electrons. The number of rotatable bonds is 9. The van der Waals surface area contributed by atoms with Crippen molar-refractivity contribution < 1.29 is 27.9 Å². The fourth-order valence-corrected chi connectivity index (χ4v) is 3.34. The van der Waals surface area contributed by atoms with Gasteiger partial charge in [0.1, 0.15) is 12.4 Å². The summed E-state index contributed by atoms with van der Waals surface area (Å²) in [4.78, 5) is 21.7. The summed E-state index contributed by atoms with van der Waals surface area (Å²) in [6.07, 6.45) is 0. The summed E-state index contributed by atoms with van der Waals surface area (Å²) in [6.45, 7) is -0.403. The second-order valence-electron chi connectivity index (χ2n) is 4.46. The average Bonchev–Trinajstić information content (AvgIpc) is 2.36. The summed E-state index contributed by atoms with van der Waals surface area (Å²) in [5.74, 6) is -2.61. The Bertz CT molecular complexity index is 631. The molecule has 0 fully saturated rings. The third-order valence-electron chi connectivity index (χ3n) is 2.42. The lowest BCUT2D eigenvalue weighted by Gasteiger charge is -2.07. The second kappa shape index (κ2) is 8.86. The number of carboxylic acid groups (broad SMARTS) is 1. The van der Waals surface area contributed by atoms with E-state index in [0.29, 0.717) is 5.56 Å². The third kappa shape index (κ3) is 8.11. The van der Waals surface area contributed by atoms with Gasteiger partial charge in [-0.3, -0.25) is 4.79 Å². The topological polar surface area (TPSA) is 110 Å². The van der Waals surface area contributed by atoms with Gasteiger partial charge in [-0.1, -0.05) is 28.1 Å². The molecule has 1 aromatic carbocycles. The summed E-state index contributed by atoms with van der Waals surface area (Å²) < 4.78 is 29.3. The van der Waals surface area contributed by atoms with Crippen molar-refractivity contribution in [3.8, 4) is 0 Å². The molecule has 22 heavy (non-hydrogen) atoms. The van der Waals surface area contributed by atoms with E-state index in [1.807, 2.05) is 0 Å². The Morgan fingerprint density at radius 2 is 2.05 bits per heavy atom. The van der Waals surface area contributed by atoms with Gasteiger partial charge in [-0.15, -0.1) is 0 Å². The van der Waals surface area contributed by atoms with Gasteiger partial charge in [0, 0.05) is 11.0 Å². The van der Waals surface area contributed by atoms with Crippen molar-refractivity contribution in [3.05, 3.63) is 34.3 Å². The van der Waals surface area contributed by atoms with E-state index in [1.54, 1.807) is 24.3 Å². The van der Waals surface area contributed by atoms with Crippen LogP contribution in [0.15, 0.2) is 28.7 Å². The van der Waals surface area contributed by atoms with E-state index in [-0.39, 0.29) is 18.9 Å². The maximum atomic E-state index is 11.9. The fraction of sp³-hybridized carbons (Fsp3) is 0.385. The first-order chi connectivity index (χ1) is 10.3. The van der Waals surface area contributed by atoms with E-state index < -0.39 is 34.1 Å². The summed E-state index contributed by atoms with van der Waals surface area (Å²) in [6, 6.07) is 6.84. The highest BCUT2D eigenvalue weighted by atomic mass is 79.9. The highest BCUT2D eigenvalue weighted by Crippen LogP contribution is 2.14. The molecule has 122 valence electrons. The molecule has 9 heteroatoms. The number of carbonyl (C=O) groups is 2. The average molecular weight is 394 g/mol. The number of sulfone groups is 1. The predicted molar refractivity (Wildman–Crippen MR) is 83.1 cm³/mol. The maximum Gasteiger partial charge on any atom is 0.329 e. The van der Waals surface area contributed by atoms with Gasteiger partial charge in [0.25, 0.3) is 0 Å². The molecule has 0 spiro atoms. The van der Waals surface area contributed by atoms with Crippen LogP contribution in [-0.4, -0.2) is 50.9 Å². The predicted octanol–water partition coefficient (Wildman–Crippen LogP) is 0.581. The van der Waals surface area contributed by atoms with Crippen molar-refractivity contribution in [2.75, 3.05) is 25.5 Å². The molecule has 0 saturated carbocycles. The zero-order valence-electron chi connectivity index (χ0n) is 11.6. The number of amides is 1. The van der Waals surface area contributed by atoms with Gasteiger partial charge in [0.15, 0.2) is 9.84 Å². The van der Waals surface area contributed by atoms with Crippen LogP contribution in [0.1, 0.15) is 5.56 Å². The highest BCUT2D eigenvalue weighted by Gasteiger charge is 2.17. The molecule has 1 amide bonds. The second-order valence-corrected chi connectivity index (χ2v) is 7.44. The third-order valence-corrected chi connectivity index (χ3v) is 4.39. The first kappa shape index (κ1) is 18.6. The molecular formula is C13H16BrNO6S. The van der Waals surface area contributed by atoms with Gasteiger partial charge in [-0.25, -0.2) is 13.2 Å². The fourth-order valence-electron chi connectivity index (χ4n) is 1.60. The minimum Gasteiger partial charge on any atom is -0.480 e. The molecule has 0 aliphatic carbocycles. The monoisotopic (exact) mass is 393 g/mol. The zero-order valence-corrected chi connectivity index (χ0v) is 14.0. The van der Waals surface area contributed by atoms with Crippen LogP contribution in [0, 0.1) is 0 Å². The molecule has 0 bridgehead atoms. The largest absolute Gasteiger partial charge is 0.480 e. The quantitative estimate of drug-likeness (QED) is 0.593. The van der Waals surface area contributed by atoms with Crippen molar-refractivity contribution >= 4 is 37.6 Å². The number of carbonyl (C=O) groups excluding carboxylic acids is 1. The summed E-state index contributed by atoms with van der Waals surface area (Å²) in [5, 5.41) is 10.7. The van der Waals surface area contributed by atoms with Crippen LogP contribution in [-0.2, 0) is 29.9 Å². The van der Waals surface area contributed by atoms with E-state index in [4.69, 9.17) is 9.84 Å². The molecule has 0 aliphatic rings. The van der Waals surface area contributed by atoms with Gasteiger partial charge in [0.05, 0.1) is 12.4 Å².